The largest absolute Gasteiger partial charge is 0.508 e. The molecule has 0 spiro atoms. The van der Waals surface area contributed by atoms with E-state index in [9.17, 15) is 5.11 Å². The number of hydrogen-bond acceptors (Lipinski definition) is 2. The third-order valence-corrected chi connectivity index (χ3v) is 4.09. The fourth-order valence-corrected chi connectivity index (χ4v) is 3.14. The first-order valence-electron chi connectivity index (χ1n) is 6.69. The van der Waals surface area contributed by atoms with Crippen molar-refractivity contribution in [3.8, 4) is 22.6 Å². The number of ether oxygens (including phenoxy) is 1. The zero-order chi connectivity index (χ0) is 13.7. The lowest BCUT2D eigenvalue weighted by Gasteiger charge is -2.10. The monoisotopic (exact) mass is 262 g/mol. The summed E-state index contributed by atoms with van der Waals surface area (Å²) in [6.45, 7) is 0. The van der Waals surface area contributed by atoms with Crippen LogP contribution in [0, 0.1) is 0 Å². The summed E-state index contributed by atoms with van der Waals surface area (Å²) < 4.78 is 5.27. The van der Waals surface area contributed by atoms with Gasteiger partial charge in [-0.15, -0.1) is 0 Å². The van der Waals surface area contributed by atoms with Crippen molar-refractivity contribution < 1.29 is 9.84 Å². The Morgan fingerprint density at radius 1 is 1.05 bits per heavy atom. The zero-order valence-electron chi connectivity index (χ0n) is 11.2. The van der Waals surface area contributed by atoms with Crippen molar-refractivity contribution in [2.24, 2.45) is 0 Å². The van der Waals surface area contributed by atoms with Crippen molar-refractivity contribution in [2.75, 3.05) is 7.11 Å². The molecule has 3 aromatic rings. The SMILES string of the molecule is COc1ccc2c3c(c(O)cc2c1)Cc1ccccc1-3. The van der Waals surface area contributed by atoms with Crippen molar-refractivity contribution >= 4 is 10.8 Å². The second kappa shape index (κ2) is 4.01. The van der Waals surface area contributed by atoms with Gasteiger partial charge >= 0.3 is 0 Å². The molecule has 0 bridgehead atoms. The lowest BCUT2D eigenvalue weighted by molar-refractivity contribution is 0.415. The van der Waals surface area contributed by atoms with E-state index in [1.54, 1.807) is 7.11 Å². The number of hydrogen-bond donors (Lipinski definition) is 1. The fourth-order valence-electron chi connectivity index (χ4n) is 3.14. The van der Waals surface area contributed by atoms with E-state index in [0.717, 1.165) is 23.1 Å². The summed E-state index contributed by atoms with van der Waals surface area (Å²) >= 11 is 0. The summed E-state index contributed by atoms with van der Waals surface area (Å²) in [6, 6.07) is 16.2. The minimum Gasteiger partial charge on any atom is -0.508 e. The molecule has 0 atom stereocenters. The number of rotatable bonds is 1. The highest BCUT2D eigenvalue weighted by atomic mass is 16.5. The van der Waals surface area contributed by atoms with Gasteiger partial charge in [0, 0.05) is 12.0 Å². The average Bonchev–Trinajstić information content (AvgIpc) is 2.87. The van der Waals surface area contributed by atoms with Crippen molar-refractivity contribution in [3.63, 3.8) is 0 Å². The standard InChI is InChI=1S/C18H14O2/c1-20-13-6-7-15-12(8-13)10-17(19)16-9-11-4-2-3-5-14(11)18(15)16/h2-8,10,19H,9H2,1H3. The molecule has 0 heterocycles. The molecule has 0 fully saturated rings. The van der Waals surface area contributed by atoms with E-state index < -0.39 is 0 Å². The summed E-state index contributed by atoms with van der Waals surface area (Å²) in [5, 5.41) is 12.5. The lowest BCUT2D eigenvalue weighted by Crippen LogP contribution is -1.87. The molecule has 2 heteroatoms. The normalized spacial score (nSPS) is 12.2. The van der Waals surface area contributed by atoms with Crippen LogP contribution in [-0.4, -0.2) is 12.2 Å². The topological polar surface area (TPSA) is 29.5 Å². The van der Waals surface area contributed by atoms with Crippen LogP contribution >= 0.6 is 0 Å². The molecule has 0 aromatic heterocycles. The van der Waals surface area contributed by atoms with Gasteiger partial charge < -0.3 is 9.84 Å². The Labute approximate surface area is 117 Å². The first kappa shape index (κ1) is 11.4. The summed E-state index contributed by atoms with van der Waals surface area (Å²) in [6.07, 6.45) is 0.805. The predicted molar refractivity (Wildman–Crippen MR) is 80.4 cm³/mol. The van der Waals surface area contributed by atoms with Gasteiger partial charge in [-0.1, -0.05) is 30.3 Å². The van der Waals surface area contributed by atoms with Crippen molar-refractivity contribution in [1.82, 2.24) is 0 Å². The molecule has 0 saturated heterocycles. The quantitative estimate of drug-likeness (QED) is 0.559. The van der Waals surface area contributed by atoms with Gasteiger partial charge in [-0.2, -0.15) is 0 Å². The van der Waals surface area contributed by atoms with Crippen molar-refractivity contribution in [1.29, 1.82) is 0 Å². The minimum absolute atomic E-state index is 0.372. The molecular weight excluding hydrogens is 248 g/mol. The zero-order valence-corrected chi connectivity index (χ0v) is 11.2. The molecule has 2 nitrogen and oxygen atoms in total. The maximum Gasteiger partial charge on any atom is 0.120 e. The van der Waals surface area contributed by atoms with E-state index >= 15 is 0 Å². The molecule has 98 valence electrons. The highest BCUT2D eigenvalue weighted by molar-refractivity contribution is 6.03. The van der Waals surface area contributed by atoms with E-state index in [0.29, 0.717) is 5.75 Å². The Morgan fingerprint density at radius 3 is 2.75 bits per heavy atom. The number of methoxy groups -OCH3 is 1. The van der Waals surface area contributed by atoms with Gasteiger partial charge in [-0.25, -0.2) is 0 Å². The Balaban J connectivity index is 2.11. The molecule has 0 amide bonds. The highest BCUT2D eigenvalue weighted by Crippen LogP contribution is 2.45. The Hall–Kier alpha value is -2.48. The number of phenols is 1. The summed E-state index contributed by atoms with van der Waals surface area (Å²) in [7, 11) is 1.66. The second-order valence-corrected chi connectivity index (χ2v) is 5.17. The maximum atomic E-state index is 10.3. The molecule has 1 aliphatic carbocycles. The van der Waals surface area contributed by atoms with E-state index in [4.69, 9.17) is 4.74 Å². The van der Waals surface area contributed by atoms with Crippen LogP contribution in [0.15, 0.2) is 48.5 Å². The summed E-state index contributed by atoms with van der Waals surface area (Å²) in [5.41, 5.74) is 4.71. The predicted octanol–water partition coefficient (Wildman–Crippen LogP) is 4.13. The first-order valence-corrected chi connectivity index (χ1v) is 6.69. The van der Waals surface area contributed by atoms with Crippen LogP contribution in [0.1, 0.15) is 11.1 Å². The van der Waals surface area contributed by atoms with Crippen LogP contribution in [0.2, 0.25) is 0 Å². The molecular formula is C18H14O2. The van der Waals surface area contributed by atoms with Gasteiger partial charge in [0.25, 0.3) is 0 Å². The van der Waals surface area contributed by atoms with Crippen molar-refractivity contribution in [2.45, 2.75) is 6.42 Å². The summed E-state index contributed by atoms with van der Waals surface area (Å²) in [5.74, 6) is 1.18. The number of aromatic hydroxyl groups is 1. The number of benzene rings is 3. The maximum absolute atomic E-state index is 10.3. The second-order valence-electron chi connectivity index (χ2n) is 5.17. The van der Waals surface area contributed by atoms with Crippen LogP contribution in [0.3, 0.4) is 0 Å². The first-order chi connectivity index (χ1) is 9.78. The smallest absolute Gasteiger partial charge is 0.120 e. The highest BCUT2D eigenvalue weighted by Gasteiger charge is 2.23. The van der Waals surface area contributed by atoms with E-state index in [1.165, 1.54) is 22.1 Å². The molecule has 3 aromatic carbocycles. The van der Waals surface area contributed by atoms with Crippen molar-refractivity contribution in [3.05, 3.63) is 59.7 Å². The molecule has 0 aliphatic heterocycles. The molecule has 1 aliphatic rings. The molecule has 4 rings (SSSR count). The van der Waals surface area contributed by atoms with E-state index in [1.807, 2.05) is 30.3 Å². The van der Waals surface area contributed by atoms with Gasteiger partial charge in [0.1, 0.15) is 11.5 Å². The number of phenolic OH excluding ortho intramolecular Hbond substituents is 1. The lowest BCUT2D eigenvalue weighted by atomic mass is 9.97. The minimum atomic E-state index is 0.372. The molecule has 0 saturated carbocycles. The summed E-state index contributed by atoms with van der Waals surface area (Å²) in [4.78, 5) is 0. The van der Waals surface area contributed by atoms with E-state index in [-0.39, 0.29) is 0 Å². The van der Waals surface area contributed by atoms with Crippen LogP contribution < -0.4 is 4.74 Å². The molecule has 0 radical (unpaired) electrons. The molecule has 1 N–H and O–H groups in total. The third-order valence-electron chi connectivity index (χ3n) is 4.09. The van der Waals surface area contributed by atoms with Crippen LogP contribution in [0.4, 0.5) is 0 Å². The average molecular weight is 262 g/mol. The Bertz CT molecular complexity index is 834. The van der Waals surface area contributed by atoms with Gasteiger partial charge in [0.05, 0.1) is 7.11 Å². The third kappa shape index (κ3) is 1.45. The number of fused-ring (bicyclic) bond motifs is 5. The molecule has 0 unspecified atom stereocenters. The van der Waals surface area contributed by atoms with Gasteiger partial charge in [-0.05, 0) is 45.7 Å². The van der Waals surface area contributed by atoms with Gasteiger partial charge in [-0.3, -0.25) is 0 Å². The Morgan fingerprint density at radius 2 is 1.90 bits per heavy atom. The van der Waals surface area contributed by atoms with Gasteiger partial charge in [0.2, 0.25) is 0 Å². The van der Waals surface area contributed by atoms with E-state index in [2.05, 4.69) is 18.2 Å². The van der Waals surface area contributed by atoms with Gasteiger partial charge in [0.15, 0.2) is 0 Å². The fraction of sp³-hybridized carbons (Fsp3) is 0.111. The van der Waals surface area contributed by atoms with Crippen LogP contribution in [0.5, 0.6) is 11.5 Å². The molecule has 20 heavy (non-hydrogen) atoms. The van der Waals surface area contributed by atoms with Crippen LogP contribution in [-0.2, 0) is 6.42 Å². The Kier molecular flexibility index (Phi) is 2.27. The van der Waals surface area contributed by atoms with Crippen LogP contribution in [0.25, 0.3) is 21.9 Å².